The second-order valence-corrected chi connectivity index (χ2v) is 6.73. The molecule has 0 saturated carbocycles. The van der Waals surface area contributed by atoms with E-state index in [1.54, 1.807) is 6.20 Å². The lowest BCUT2D eigenvalue weighted by atomic mass is 10.1. The summed E-state index contributed by atoms with van der Waals surface area (Å²) in [4.78, 5) is 6.70. The largest absolute Gasteiger partial charge is 0.478 e. The second-order valence-electron chi connectivity index (χ2n) is 6.29. The summed E-state index contributed by atoms with van der Waals surface area (Å²) in [5, 5.41) is 5.21. The molecule has 128 valence electrons. The van der Waals surface area contributed by atoms with Crippen molar-refractivity contribution in [2.45, 2.75) is 19.9 Å². The fourth-order valence-corrected chi connectivity index (χ4v) is 3.36. The van der Waals surface area contributed by atoms with Crippen molar-refractivity contribution in [2.24, 2.45) is 0 Å². The standard InChI is InChI=1S/C20H20ClN3O/c1-2-9-24-12-14-3-5-16(11-20(14)25-13-24)23-18-7-8-22-19-10-15(21)4-6-17(18)19/h3-8,10-11H,2,9,12-13H2,1H3,(H,22,23). The van der Waals surface area contributed by atoms with Gasteiger partial charge in [0, 0.05) is 52.7 Å². The highest BCUT2D eigenvalue weighted by Gasteiger charge is 2.17. The third kappa shape index (κ3) is 3.41. The van der Waals surface area contributed by atoms with Gasteiger partial charge in [-0.2, -0.15) is 0 Å². The van der Waals surface area contributed by atoms with Crippen LogP contribution >= 0.6 is 11.6 Å². The van der Waals surface area contributed by atoms with Crippen LogP contribution < -0.4 is 10.1 Å². The highest BCUT2D eigenvalue weighted by atomic mass is 35.5. The van der Waals surface area contributed by atoms with E-state index in [1.165, 1.54) is 5.56 Å². The summed E-state index contributed by atoms with van der Waals surface area (Å²) < 4.78 is 5.93. The van der Waals surface area contributed by atoms with Crippen LogP contribution in [0.1, 0.15) is 18.9 Å². The van der Waals surface area contributed by atoms with Crippen molar-refractivity contribution in [3.05, 3.63) is 59.2 Å². The van der Waals surface area contributed by atoms with E-state index in [-0.39, 0.29) is 0 Å². The fraction of sp³-hybridized carbons (Fsp3) is 0.250. The lowest BCUT2D eigenvalue weighted by Gasteiger charge is -2.29. The number of nitrogens with one attached hydrogen (secondary N) is 1. The first-order valence-electron chi connectivity index (χ1n) is 8.52. The average Bonchev–Trinajstić information content (AvgIpc) is 2.62. The quantitative estimate of drug-likeness (QED) is 0.700. The maximum atomic E-state index is 6.06. The van der Waals surface area contributed by atoms with Crippen LogP contribution in [-0.2, 0) is 6.54 Å². The highest BCUT2D eigenvalue weighted by Crippen LogP contribution is 2.32. The number of hydrogen-bond acceptors (Lipinski definition) is 4. The number of benzene rings is 2. The molecule has 0 atom stereocenters. The van der Waals surface area contributed by atoms with Crippen LogP contribution in [0.2, 0.25) is 5.02 Å². The Morgan fingerprint density at radius 2 is 2.12 bits per heavy atom. The number of nitrogens with zero attached hydrogens (tertiary/aromatic N) is 2. The lowest BCUT2D eigenvalue weighted by molar-refractivity contribution is 0.0956. The number of rotatable bonds is 4. The zero-order valence-corrected chi connectivity index (χ0v) is 14.9. The van der Waals surface area contributed by atoms with Gasteiger partial charge in [0.15, 0.2) is 0 Å². The lowest BCUT2D eigenvalue weighted by Crippen LogP contribution is -2.32. The molecule has 4 nitrogen and oxygen atoms in total. The first kappa shape index (κ1) is 16.2. The van der Waals surface area contributed by atoms with E-state index in [1.807, 2.05) is 24.3 Å². The van der Waals surface area contributed by atoms with Crippen LogP contribution in [0.4, 0.5) is 11.4 Å². The third-order valence-electron chi connectivity index (χ3n) is 4.39. The minimum absolute atomic E-state index is 0.654. The maximum absolute atomic E-state index is 6.06. The van der Waals surface area contributed by atoms with Gasteiger partial charge in [0.2, 0.25) is 0 Å². The molecule has 25 heavy (non-hydrogen) atoms. The Morgan fingerprint density at radius 3 is 3.00 bits per heavy atom. The fourth-order valence-electron chi connectivity index (χ4n) is 3.19. The number of pyridine rings is 1. The van der Waals surface area contributed by atoms with E-state index < -0.39 is 0 Å². The smallest absolute Gasteiger partial charge is 0.142 e. The normalized spacial score (nSPS) is 14.2. The van der Waals surface area contributed by atoms with Gasteiger partial charge in [-0.15, -0.1) is 0 Å². The number of aromatic nitrogens is 1. The molecule has 3 aromatic rings. The Bertz CT molecular complexity index is 913. The Hall–Kier alpha value is -2.30. The zero-order chi connectivity index (χ0) is 17.2. The number of anilines is 2. The molecule has 1 aromatic heterocycles. The van der Waals surface area contributed by atoms with Gasteiger partial charge in [-0.1, -0.05) is 24.6 Å². The summed E-state index contributed by atoms with van der Waals surface area (Å²) in [7, 11) is 0. The first-order chi connectivity index (χ1) is 12.2. The summed E-state index contributed by atoms with van der Waals surface area (Å²) in [6.07, 6.45) is 2.93. The van der Waals surface area contributed by atoms with E-state index >= 15 is 0 Å². The molecular formula is C20H20ClN3O. The van der Waals surface area contributed by atoms with Crippen molar-refractivity contribution < 1.29 is 4.74 Å². The van der Waals surface area contributed by atoms with Gasteiger partial charge in [-0.05, 0) is 36.8 Å². The maximum Gasteiger partial charge on any atom is 0.142 e. The van der Waals surface area contributed by atoms with Crippen LogP contribution in [0.3, 0.4) is 0 Å². The van der Waals surface area contributed by atoms with Gasteiger partial charge in [0.25, 0.3) is 0 Å². The summed E-state index contributed by atoms with van der Waals surface area (Å²) >= 11 is 6.06. The summed E-state index contributed by atoms with van der Waals surface area (Å²) in [6.45, 7) is 4.85. The molecule has 0 aliphatic carbocycles. The molecule has 0 bridgehead atoms. The molecule has 0 fully saturated rings. The van der Waals surface area contributed by atoms with Gasteiger partial charge in [-0.25, -0.2) is 0 Å². The van der Waals surface area contributed by atoms with E-state index in [4.69, 9.17) is 16.3 Å². The van der Waals surface area contributed by atoms with E-state index in [0.717, 1.165) is 47.5 Å². The van der Waals surface area contributed by atoms with E-state index in [0.29, 0.717) is 11.8 Å². The number of halogens is 1. The molecule has 1 N–H and O–H groups in total. The van der Waals surface area contributed by atoms with E-state index in [9.17, 15) is 0 Å². The molecule has 0 radical (unpaired) electrons. The van der Waals surface area contributed by atoms with Crippen molar-refractivity contribution in [3.63, 3.8) is 0 Å². The van der Waals surface area contributed by atoms with Crippen LogP contribution in [0.25, 0.3) is 10.9 Å². The molecule has 0 saturated heterocycles. The molecule has 4 rings (SSSR count). The number of hydrogen-bond donors (Lipinski definition) is 1. The summed E-state index contributed by atoms with van der Waals surface area (Å²) in [5.74, 6) is 0.957. The molecule has 2 heterocycles. The van der Waals surface area contributed by atoms with Crippen molar-refractivity contribution in [1.82, 2.24) is 9.88 Å². The third-order valence-corrected chi connectivity index (χ3v) is 4.62. The van der Waals surface area contributed by atoms with Crippen molar-refractivity contribution in [3.8, 4) is 5.75 Å². The number of ether oxygens (including phenoxy) is 1. The monoisotopic (exact) mass is 353 g/mol. The van der Waals surface area contributed by atoms with Crippen LogP contribution in [0.15, 0.2) is 48.7 Å². The minimum atomic E-state index is 0.654. The molecule has 1 aliphatic heterocycles. The highest BCUT2D eigenvalue weighted by molar-refractivity contribution is 6.31. The molecular weight excluding hydrogens is 334 g/mol. The molecule has 2 aromatic carbocycles. The topological polar surface area (TPSA) is 37.4 Å². The van der Waals surface area contributed by atoms with E-state index in [2.05, 4.69) is 40.3 Å². The Kier molecular flexibility index (Phi) is 4.47. The SMILES string of the molecule is CCCN1COc2cc(Nc3ccnc4cc(Cl)ccc34)ccc2C1. The van der Waals surface area contributed by atoms with Gasteiger partial charge >= 0.3 is 0 Å². The Balaban J connectivity index is 1.60. The average molecular weight is 354 g/mol. The molecule has 0 unspecified atom stereocenters. The van der Waals surface area contributed by atoms with Gasteiger partial charge in [-0.3, -0.25) is 9.88 Å². The second kappa shape index (κ2) is 6.90. The van der Waals surface area contributed by atoms with Crippen LogP contribution in [0.5, 0.6) is 5.75 Å². The number of fused-ring (bicyclic) bond motifs is 2. The Labute approximate surface area is 152 Å². The predicted molar refractivity (Wildman–Crippen MR) is 103 cm³/mol. The predicted octanol–water partition coefficient (Wildman–Crippen LogP) is 5.19. The summed E-state index contributed by atoms with van der Waals surface area (Å²) in [6, 6.07) is 14.0. The van der Waals surface area contributed by atoms with Crippen LogP contribution in [0, 0.1) is 0 Å². The van der Waals surface area contributed by atoms with Crippen molar-refractivity contribution in [2.75, 3.05) is 18.6 Å². The minimum Gasteiger partial charge on any atom is -0.478 e. The molecule has 5 heteroatoms. The molecule has 1 aliphatic rings. The first-order valence-corrected chi connectivity index (χ1v) is 8.90. The van der Waals surface area contributed by atoms with Gasteiger partial charge in [0.05, 0.1) is 5.52 Å². The van der Waals surface area contributed by atoms with Crippen molar-refractivity contribution >= 4 is 33.9 Å². The zero-order valence-electron chi connectivity index (χ0n) is 14.1. The van der Waals surface area contributed by atoms with Crippen molar-refractivity contribution in [1.29, 1.82) is 0 Å². The van der Waals surface area contributed by atoms with Crippen LogP contribution in [-0.4, -0.2) is 23.2 Å². The molecule has 0 spiro atoms. The molecule has 0 amide bonds. The van der Waals surface area contributed by atoms with Gasteiger partial charge < -0.3 is 10.1 Å². The Morgan fingerprint density at radius 1 is 1.20 bits per heavy atom. The summed E-state index contributed by atoms with van der Waals surface area (Å²) in [5.41, 5.74) is 4.12. The van der Waals surface area contributed by atoms with Gasteiger partial charge in [0.1, 0.15) is 12.5 Å².